The average molecular weight is 786 g/mol. The molecule has 6 N–H and O–H groups in total. The SMILES string of the molecule is CNC.CNC.CNC.C[C@@H](Oc1ccc(Cl)cc1Cl)C(=O)O.Cc1cc(Cl)ccc1OCC(=O)O.Cc1cc(Cl)ccc1O[C@H](C)C(=O)O. The Kier molecular flexibility index (Phi) is 30.9. The van der Waals surface area contributed by atoms with E-state index in [0.717, 1.165) is 11.1 Å². The summed E-state index contributed by atoms with van der Waals surface area (Å²) in [4.78, 5) is 31.2. The maximum absolute atomic E-state index is 10.5. The molecule has 50 heavy (non-hydrogen) atoms. The van der Waals surface area contributed by atoms with Crippen LogP contribution in [0.25, 0.3) is 0 Å². The molecule has 12 nitrogen and oxygen atoms in total. The molecule has 0 heterocycles. The molecule has 0 aromatic heterocycles. The lowest BCUT2D eigenvalue weighted by molar-refractivity contribution is -0.145. The van der Waals surface area contributed by atoms with Crippen LogP contribution in [0, 0.1) is 13.8 Å². The van der Waals surface area contributed by atoms with Crippen molar-refractivity contribution in [2.75, 3.05) is 48.9 Å². The summed E-state index contributed by atoms with van der Waals surface area (Å²) in [6, 6.07) is 14.7. The second-order valence-corrected chi connectivity index (χ2v) is 11.5. The molecule has 0 saturated carbocycles. The van der Waals surface area contributed by atoms with Crippen LogP contribution in [0.5, 0.6) is 17.2 Å². The van der Waals surface area contributed by atoms with E-state index in [4.69, 9.17) is 75.9 Å². The highest BCUT2D eigenvalue weighted by Gasteiger charge is 2.15. The summed E-state index contributed by atoms with van der Waals surface area (Å²) >= 11 is 22.9. The zero-order valence-electron chi connectivity index (χ0n) is 29.9. The van der Waals surface area contributed by atoms with Gasteiger partial charge >= 0.3 is 17.9 Å². The first-order chi connectivity index (χ1) is 23.3. The van der Waals surface area contributed by atoms with Crippen LogP contribution in [0.1, 0.15) is 25.0 Å². The van der Waals surface area contributed by atoms with Gasteiger partial charge in [-0.25, -0.2) is 14.4 Å². The zero-order chi connectivity index (χ0) is 39.4. The normalized spacial score (nSPS) is 10.4. The fraction of sp³-hybridized carbons (Fsp3) is 0.382. The average Bonchev–Trinajstić information content (AvgIpc) is 3.01. The van der Waals surface area contributed by atoms with E-state index in [0.29, 0.717) is 37.3 Å². The van der Waals surface area contributed by atoms with Gasteiger partial charge in [0.25, 0.3) is 0 Å². The van der Waals surface area contributed by atoms with Gasteiger partial charge < -0.3 is 45.5 Å². The number of benzene rings is 3. The number of aryl methyl sites for hydroxylation is 2. The molecule has 2 atom stereocenters. The van der Waals surface area contributed by atoms with Gasteiger partial charge in [0.15, 0.2) is 18.8 Å². The fourth-order valence-corrected chi connectivity index (χ4v) is 3.62. The first-order valence-corrected chi connectivity index (χ1v) is 16.2. The van der Waals surface area contributed by atoms with E-state index in [-0.39, 0.29) is 6.61 Å². The van der Waals surface area contributed by atoms with Crippen LogP contribution in [0.15, 0.2) is 54.6 Å². The Balaban J connectivity index is -0.000000591. The van der Waals surface area contributed by atoms with Crippen LogP contribution in [0.2, 0.25) is 20.1 Å². The van der Waals surface area contributed by atoms with E-state index < -0.39 is 30.1 Å². The number of ether oxygens (including phenoxy) is 3. The standard InChI is InChI=1S/C10H11ClO3.C9H8Cl2O3.C9H9ClO3.3C2H7N/c1-6-5-8(11)3-4-9(6)14-7(2)10(12)13;1-5(9(12)13)14-8-3-2-6(10)4-7(8)11;1-6-4-7(10)2-3-8(6)13-5-9(11)12;3*1-3-2/h3-5,7H,1-2H3,(H,12,13);2-5H,1H3,(H,12,13);2-4H,5H2,1H3,(H,11,12);3*3H,1-2H3/t7-;5-;;;;/m11..../s1. The lowest BCUT2D eigenvalue weighted by atomic mass is 10.2. The third-order valence-corrected chi connectivity index (χ3v) is 5.82. The summed E-state index contributed by atoms with van der Waals surface area (Å²) in [5, 5.41) is 35.8. The minimum atomic E-state index is -1.05. The molecular weight excluding hydrogens is 736 g/mol. The third kappa shape index (κ3) is 26.4. The molecule has 3 rings (SSSR count). The van der Waals surface area contributed by atoms with Crippen molar-refractivity contribution in [3.63, 3.8) is 0 Å². The number of hydrogen-bond acceptors (Lipinski definition) is 9. The highest BCUT2D eigenvalue weighted by atomic mass is 35.5. The number of nitrogens with one attached hydrogen (secondary N) is 3. The molecular formula is C34H49Cl4N3O9. The van der Waals surface area contributed by atoms with E-state index in [1.165, 1.54) is 26.0 Å². The summed E-state index contributed by atoms with van der Waals surface area (Å²) in [6.07, 6.45) is -1.79. The number of carboxylic acid groups (broad SMARTS) is 3. The minimum absolute atomic E-state index is 0.297. The number of carbonyl (C=O) groups is 3. The Morgan fingerprint density at radius 2 is 0.920 bits per heavy atom. The number of aliphatic carboxylic acids is 3. The quantitative estimate of drug-likeness (QED) is 0.132. The van der Waals surface area contributed by atoms with Gasteiger partial charge in [-0.1, -0.05) is 46.4 Å². The first-order valence-electron chi connectivity index (χ1n) is 14.7. The number of halogens is 4. The zero-order valence-corrected chi connectivity index (χ0v) is 32.9. The molecule has 0 radical (unpaired) electrons. The van der Waals surface area contributed by atoms with Crippen LogP contribution >= 0.6 is 46.4 Å². The van der Waals surface area contributed by atoms with Crippen LogP contribution < -0.4 is 30.2 Å². The Morgan fingerprint density at radius 3 is 1.24 bits per heavy atom. The highest BCUT2D eigenvalue weighted by molar-refractivity contribution is 6.35. The van der Waals surface area contributed by atoms with Crippen LogP contribution in [0.3, 0.4) is 0 Å². The van der Waals surface area contributed by atoms with Crippen LogP contribution in [0.4, 0.5) is 0 Å². The van der Waals surface area contributed by atoms with Gasteiger partial charge in [0.1, 0.15) is 17.2 Å². The molecule has 0 fully saturated rings. The summed E-state index contributed by atoms with van der Waals surface area (Å²) in [5.41, 5.74) is 1.65. The number of rotatable bonds is 9. The van der Waals surface area contributed by atoms with E-state index in [1.807, 2.05) is 56.1 Å². The van der Waals surface area contributed by atoms with Crippen molar-refractivity contribution in [1.82, 2.24) is 16.0 Å². The molecule has 3 aromatic rings. The van der Waals surface area contributed by atoms with Gasteiger partial charge in [-0.2, -0.15) is 0 Å². The monoisotopic (exact) mass is 783 g/mol. The van der Waals surface area contributed by atoms with Gasteiger partial charge in [0.2, 0.25) is 0 Å². The van der Waals surface area contributed by atoms with Crippen LogP contribution in [-0.4, -0.2) is 94.3 Å². The third-order valence-electron chi connectivity index (χ3n) is 4.82. The molecule has 0 bridgehead atoms. The van der Waals surface area contributed by atoms with E-state index in [9.17, 15) is 14.4 Å². The van der Waals surface area contributed by atoms with Gasteiger partial charge in [-0.15, -0.1) is 0 Å². The molecule has 16 heteroatoms. The summed E-state index contributed by atoms with van der Waals surface area (Å²) in [6.45, 7) is 6.20. The number of carboxylic acids is 3. The highest BCUT2D eigenvalue weighted by Crippen LogP contribution is 2.28. The van der Waals surface area contributed by atoms with E-state index >= 15 is 0 Å². The second-order valence-electron chi connectivity index (χ2n) is 9.77. The Labute approximate surface area is 314 Å². The molecule has 0 aliphatic heterocycles. The summed E-state index contributed by atoms with van der Waals surface area (Å²) < 4.78 is 15.3. The van der Waals surface area contributed by atoms with Gasteiger partial charge in [0.05, 0.1) is 5.02 Å². The van der Waals surface area contributed by atoms with E-state index in [2.05, 4.69) is 16.0 Å². The van der Waals surface area contributed by atoms with Crippen molar-refractivity contribution in [3.05, 3.63) is 85.8 Å². The van der Waals surface area contributed by atoms with Crippen molar-refractivity contribution < 1.29 is 43.9 Å². The Hall–Kier alpha value is -3.49. The van der Waals surface area contributed by atoms with Crippen molar-refractivity contribution in [1.29, 1.82) is 0 Å². The Morgan fingerprint density at radius 1 is 0.600 bits per heavy atom. The van der Waals surface area contributed by atoms with Crippen molar-refractivity contribution in [3.8, 4) is 17.2 Å². The minimum Gasteiger partial charge on any atom is -0.482 e. The van der Waals surface area contributed by atoms with Crippen LogP contribution in [-0.2, 0) is 14.4 Å². The van der Waals surface area contributed by atoms with Gasteiger partial charge in [-0.3, -0.25) is 0 Å². The molecule has 0 saturated heterocycles. The van der Waals surface area contributed by atoms with Gasteiger partial charge in [0, 0.05) is 15.1 Å². The lowest BCUT2D eigenvalue weighted by Crippen LogP contribution is -2.23. The van der Waals surface area contributed by atoms with Crippen molar-refractivity contribution in [2.45, 2.75) is 39.9 Å². The molecule has 282 valence electrons. The summed E-state index contributed by atoms with van der Waals surface area (Å²) in [7, 11) is 11.2. The molecule has 0 unspecified atom stereocenters. The fourth-order valence-electron chi connectivity index (χ4n) is 2.71. The molecule has 0 aliphatic rings. The molecule has 0 spiro atoms. The predicted octanol–water partition coefficient (Wildman–Crippen LogP) is 6.96. The molecule has 3 aromatic carbocycles. The maximum atomic E-state index is 10.5. The lowest BCUT2D eigenvalue weighted by Gasteiger charge is -2.12. The topological polar surface area (TPSA) is 176 Å². The maximum Gasteiger partial charge on any atom is 0.344 e. The molecule has 0 aliphatic carbocycles. The van der Waals surface area contributed by atoms with E-state index in [1.54, 1.807) is 42.5 Å². The first kappa shape index (κ1) is 50.9. The summed E-state index contributed by atoms with van der Waals surface area (Å²) in [5.74, 6) is -1.62. The van der Waals surface area contributed by atoms with Gasteiger partial charge in [-0.05, 0) is 136 Å². The smallest absolute Gasteiger partial charge is 0.344 e. The molecule has 0 amide bonds. The predicted molar refractivity (Wildman–Crippen MR) is 202 cm³/mol. The Bertz CT molecular complexity index is 1340. The van der Waals surface area contributed by atoms with Crippen molar-refractivity contribution in [2.24, 2.45) is 0 Å². The largest absolute Gasteiger partial charge is 0.482 e. The number of hydrogen-bond donors (Lipinski definition) is 6. The van der Waals surface area contributed by atoms with Crippen molar-refractivity contribution >= 4 is 64.3 Å². The second kappa shape index (κ2) is 30.3.